The van der Waals surface area contributed by atoms with Crippen LogP contribution in [0.25, 0.3) is 10.6 Å². The number of halogens is 2. The zero-order valence-electron chi connectivity index (χ0n) is 15.0. The van der Waals surface area contributed by atoms with Crippen molar-refractivity contribution in [2.75, 3.05) is 11.9 Å². The van der Waals surface area contributed by atoms with Gasteiger partial charge in [0, 0.05) is 34.6 Å². The molecule has 0 unspecified atom stereocenters. The number of carbonyl (C=O) groups is 2. The Morgan fingerprint density at radius 2 is 2.00 bits per heavy atom. The Morgan fingerprint density at radius 3 is 2.79 bits per heavy atom. The van der Waals surface area contributed by atoms with Gasteiger partial charge in [-0.15, -0.1) is 11.3 Å². The van der Waals surface area contributed by atoms with Gasteiger partial charge in [0.25, 0.3) is 0 Å². The molecule has 0 saturated carbocycles. The van der Waals surface area contributed by atoms with Crippen LogP contribution in [-0.2, 0) is 16.0 Å². The summed E-state index contributed by atoms with van der Waals surface area (Å²) in [4.78, 5) is 28.4. The fraction of sp³-hybridized carbons (Fsp3) is 0.150. The molecule has 2 N–H and O–H groups in total. The Bertz CT molecular complexity index is 1020. The number of benzene rings is 2. The van der Waals surface area contributed by atoms with E-state index in [9.17, 15) is 14.0 Å². The van der Waals surface area contributed by atoms with E-state index in [2.05, 4.69) is 15.6 Å². The van der Waals surface area contributed by atoms with Gasteiger partial charge in [-0.1, -0.05) is 29.8 Å². The second kappa shape index (κ2) is 8.95. The molecule has 5 nitrogen and oxygen atoms in total. The van der Waals surface area contributed by atoms with Gasteiger partial charge in [-0.3, -0.25) is 9.59 Å². The molecular weight excluding hydrogens is 401 g/mol. The van der Waals surface area contributed by atoms with Gasteiger partial charge in [0.05, 0.1) is 5.69 Å². The number of nitrogens with one attached hydrogen (secondary N) is 2. The molecule has 3 rings (SSSR count). The smallest absolute Gasteiger partial charge is 0.313 e. The highest BCUT2D eigenvalue weighted by molar-refractivity contribution is 7.13. The van der Waals surface area contributed by atoms with Crippen molar-refractivity contribution in [2.45, 2.75) is 13.3 Å². The summed E-state index contributed by atoms with van der Waals surface area (Å²) in [5.74, 6) is -1.81. The van der Waals surface area contributed by atoms with Crippen LogP contribution in [0.1, 0.15) is 11.3 Å². The van der Waals surface area contributed by atoms with Crippen LogP contribution in [0.15, 0.2) is 47.8 Å². The SMILES string of the molecule is Cc1ccc(Cl)cc1NC(=O)C(=O)NCCc1csc(-c2cccc(F)c2)n1. The molecule has 0 aliphatic heterocycles. The average Bonchev–Trinajstić information content (AvgIpc) is 3.13. The largest absolute Gasteiger partial charge is 0.347 e. The van der Waals surface area contributed by atoms with Crippen LogP contribution in [0.2, 0.25) is 5.02 Å². The topological polar surface area (TPSA) is 71.1 Å². The second-order valence-electron chi connectivity index (χ2n) is 6.07. The summed E-state index contributed by atoms with van der Waals surface area (Å²) in [7, 11) is 0. The summed E-state index contributed by atoms with van der Waals surface area (Å²) in [6.07, 6.45) is 0.459. The quantitative estimate of drug-likeness (QED) is 0.611. The molecule has 0 spiro atoms. The summed E-state index contributed by atoms with van der Waals surface area (Å²) >= 11 is 7.31. The maximum absolute atomic E-state index is 13.3. The van der Waals surface area contributed by atoms with Crippen molar-refractivity contribution in [2.24, 2.45) is 0 Å². The molecular formula is C20H17ClFN3O2S. The number of rotatable bonds is 5. The van der Waals surface area contributed by atoms with Gasteiger partial charge in [0.2, 0.25) is 0 Å². The molecule has 0 saturated heterocycles. The van der Waals surface area contributed by atoms with Crippen molar-refractivity contribution in [3.05, 3.63) is 69.9 Å². The first-order valence-corrected chi connectivity index (χ1v) is 9.74. The highest BCUT2D eigenvalue weighted by Gasteiger charge is 2.15. The van der Waals surface area contributed by atoms with Crippen molar-refractivity contribution in [3.8, 4) is 10.6 Å². The third-order valence-corrected chi connectivity index (χ3v) is 5.12. The van der Waals surface area contributed by atoms with Crippen LogP contribution < -0.4 is 10.6 Å². The number of aromatic nitrogens is 1. The van der Waals surface area contributed by atoms with Crippen LogP contribution >= 0.6 is 22.9 Å². The number of hydrogen-bond acceptors (Lipinski definition) is 4. The maximum atomic E-state index is 13.3. The monoisotopic (exact) mass is 417 g/mol. The normalized spacial score (nSPS) is 10.5. The maximum Gasteiger partial charge on any atom is 0.313 e. The Balaban J connectivity index is 1.51. The fourth-order valence-corrected chi connectivity index (χ4v) is 3.49. The summed E-state index contributed by atoms with van der Waals surface area (Å²) in [6, 6.07) is 11.3. The van der Waals surface area contributed by atoms with Gasteiger partial charge in [0.15, 0.2) is 0 Å². The Hall–Kier alpha value is -2.77. The number of amides is 2. The van der Waals surface area contributed by atoms with Gasteiger partial charge < -0.3 is 10.6 Å². The fourth-order valence-electron chi connectivity index (χ4n) is 2.47. The number of thiazole rings is 1. The number of hydrogen-bond donors (Lipinski definition) is 2. The van der Waals surface area contributed by atoms with E-state index in [0.29, 0.717) is 27.7 Å². The molecule has 0 fully saturated rings. The number of carbonyl (C=O) groups excluding carboxylic acids is 2. The van der Waals surface area contributed by atoms with Crippen molar-refractivity contribution in [1.29, 1.82) is 0 Å². The summed E-state index contributed by atoms with van der Waals surface area (Å²) in [6.45, 7) is 2.06. The minimum absolute atomic E-state index is 0.257. The molecule has 28 heavy (non-hydrogen) atoms. The van der Waals surface area contributed by atoms with Crippen molar-refractivity contribution >= 4 is 40.4 Å². The molecule has 1 heterocycles. The van der Waals surface area contributed by atoms with Crippen LogP contribution in [0.4, 0.5) is 10.1 Å². The van der Waals surface area contributed by atoms with E-state index < -0.39 is 11.8 Å². The Kier molecular flexibility index (Phi) is 6.38. The molecule has 8 heteroatoms. The third-order valence-electron chi connectivity index (χ3n) is 3.94. The highest BCUT2D eigenvalue weighted by Crippen LogP contribution is 2.24. The number of anilines is 1. The van der Waals surface area contributed by atoms with E-state index in [0.717, 1.165) is 11.3 Å². The van der Waals surface area contributed by atoms with Gasteiger partial charge in [-0.05, 0) is 36.8 Å². The van der Waals surface area contributed by atoms with Gasteiger partial charge in [0.1, 0.15) is 10.8 Å². The minimum atomic E-state index is -0.760. The average molecular weight is 418 g/mol. The molecule has 3 aromatic rings. The van der Waals surface area contributed by atoms with E-state index in [1.165, 1.54) is 23.5 Å². The minimum Gasteiger partial charge on any atom is -0.347 e. The van der Waals surface area contributed by atoms with Crippen LogP contribution in [-0.4, -0.2) is 23.3 Å². The summed E-state index contributed by atoms with van der Waals surface area (Å²) in [5.41, 5.74) is 2.76. The third kappa shape index (κ3) is 5.15. The van der Waals surface area contributed by atoms with Gasteiger partial charge >= 0.3 is 11.8 Å². The molecule has 2 aromatic carbocycles. The van der Waals surface area contributed by atoms with E-state index in [-0.39, 0.29) is 12.4 Å². The number of nitrogens with zero attached hydrogens (tertiary/aromatic N) is 1. The zero-order valence-corrected chi connectivity index (χ0v) is 16.5. The van der Waals surface area contributed by atoms with E-state index in [1.54, 1.807) is 30.3 Å². The molecule has 0 aliphatic carbocycles. The van der Waals surface area contributed by atoms with Gasteiger partial charge in [-0.2, -0.15) is 0 Å². The number of aryl methyl sites for hydroxylation is 1. The van der Waals surface area contributed by atoms with Gasteiger partial charge in [-0.25, -0.2) is 9.37 Å². The first-order valence-electron chi connectivity index (χ1n) is 8.48. The van der Waals surface area contributed by atoms with Crippen molar-refractivity contribution in [3.63, 3.8) is 0 Å². The van der Waals surface area contributed by atoms with Crippen molar-refractivity contribution in [1.82, 2.24) is 10.3 Å². The molecule has 144 valence electrons. The van der Waals surface area contributed by atoms with E-state index in [1.807, 2.05) is 12.3 Å². The van der Waals surface area contributed by atoms with E-state index >= 15 is 0 Å². The van der Waals surface area contributed by atoms with Crippen LogP contribution in [0.3, 0.4) is 0 Å². The molecule has 0 radical (unpaired) electrons. The molecule has 2 amide bonds. The molecule has 0 aliphatic rings. The first kappa shape index (κ1) is 20.0. The molecule has 0 bridgehead atoms. The predicted octanol–water partition coefficient (Wildman–Crippen LogP) is 4.21. The Morgan fingerprint density at radius 1 is 1.18 bits per heavy atom. The van der Waals surface area contributed by atoms with Crippen LogP contribution in [0, 0.1) is 12.7 Å². The predicted molar refractivity (Wildman–Crippen MR) is 109 cm³/mol. The van der Waals surface area contributed by atoms with Crippen molar-refractivity contribution < 1.29 is 14.0 Å². The lowest BCUT2D eigenvalue weighted by Crippen LogP contribution is -2.36. The van der Waals surface area contributed by atoms with Crippen LogP contribution in [0.5, 0.6) is 0 Å². The standard InChI is InChI=1S/C20H17ClFN3O2S/c1-12-5-6-14(21)10-17(12)25-19(27)18(26)23-8-7-16-11-28-20(24-16)13-3-2-4-15(22)9-13/h2-6,9-11H,7-8H2,1H3,(H,23,26)(H,25,27). The summed E-state index contributed by atoms with van der Waals surface area (Å²) < 4.78 is 13.3. The Labute approximate surface area is 170 Å². The first-order chi connectivity index (χ1) is 13.4. The highest BCUT2D eigenvalue weighted by atomic mass is 35.5. The molecule has 0 atom stereocenters. The second-order valence-corrected chi connectivity index (χ2v) is 7.37. The molecule has 1 aromatic heterocycles. The summed E-state index contributed by atoms with van der Waals surface area (Å²) in [5, 5.41) is 8.13. The lowest BCUT2D eigenvalue weighted by atomic mass is 10.2. The van der Waals surface area contributed by atoms with E-state index in [4.69, 9.17) is 11.6 Å². The lowest BCUT2D eigenvalue weighted by Gasteiger charge is -2.09. The zero-order chi connectivity index (χ0) is 20.1. The lowest BCUT2D eigenvalue weighted by molar-refractivity contribution is -0.136.